The third-order valence-electron chi connectivity index (χ3n) is 2.97. The fraction of sp³-hybridized carbons (Fsp3) is 0.417. The molecule has 1 aromatic carbocycles. The fourth-order valence-corrected chi connectivity index (χ4v) is 5.12. The van der Waals surface area contributed by atoms with Crippen LogP contribution in [0.5, 0.6) is 0 Å². The number of sulfonamides is 1. The van der Waals surface area contributed by atoms with Crippen LogP contribution in [0.15, 0.2) is 23.1 Å². The van der Waals surface area contributed by atoms with E-state index in [1.54, 1.807) is 11.8 Å². The number of nitriles is 1. The molecule has 7 heteroatoms. The third-order valence-corrected chi connectivity index (χ3v) is 6.49. The van der Waals surface area contributed by atoms with Crippen LogP contribution in [0.3, 0.4) is 0 Å². The summed E-state index contributed by atoms with van der Waals surface area (Å²) >= 11 is 7.65. The van der Waals surface area contributed by atoms with E-state index in [4.69, 9.17) is 16.9 Å². The summed E-state index contributed by atoms with van der Waals surface area (Å²) in [5, 5.41) is 8.97. The Bertz CT molecular complexity index is 625. The highest BCUT2D eigenvalue weighted by atomic mass is 35.5. The number of nitrogens with zero attached hydrogens (tertiary/aromatic N) is 2. The summed E-state index contributed by atoms with van der Waals surface area (Å²) in [5.74, 6) is 1.59. The van der Waals surface area contributed by atoms with Gasteiger partial charge < -0.3 is 0 Å². The minimum atomic E-state index is -3.53. The first-order valence-electron chi connectivity index (χ1n) is 5.76. The predicted octanol–water partition coefficient (Wildman–Crippen LogP) is 2.34. The molecule has 0 spiro atoms. The molecule has 102 valence electrons. The molecular formula is C12H13ClN2O2S2. The van der Waals surface area contributed by atoms with Crippen molar-refractivity contribution in [2.75, 3.05) is 18.1 Å². The molecule has 1 fully saturated rings. The first kappa shape index (κ1) is 14.7. The number of halogens is 1. The molecule has 19 heavy (non-hydrogen) atoms. The Morgan fingerprint density at radius 1 is 1.53 bits per heavy atom. The lowest BCUT2D eigenvalue weighted by atomic mass is 10.2. The molecule has 4 nitrogen and oxygen atoms in total. The van der Waals surface area contributed by atoms with E-state index in [1.165, 1.54) is 22.5 Å². The van der Waals surface area contributed by atoms with Gasteiger partial charge in [0.2, 0.25) is 10.0 Å². The minimum absolute atomic E-state index is 0.0295. The first-order valence-corrected chi connectivity index (χ1v) is 8.73. The van der Waals surface area contributed by atoms with Gasteiger partial charge in [-0.1, -0.05) is 11.6 Å². The quantitative estimate of drug-likeness (QED) is 0.840. The normalized spacial score (nSPS) is 21.0. The molecule has 1 aromatic rings. The van der Waals surface area contributed by atoms with Gasteiger partial charge in [-0.15, -0.1) is 0 Å². The van der Waals surface area contributed by atoms with Crippen molar-refractivity contribution in [2.45, 2.75) is 17.9 Å². The van der Waals surface area contributed by atoms with Crippen LogP contribution in [0, 0.1) is 11.3 Å². The molecule has 1 atom stereocenters. The Balaban J connectivity index is 2.39. The van der Waals surface area contributed by atoms with E-state index >= 15 is 0 Å². The molecular weight excluding hydrogens is 304 g/mol. The van der Waals surface area contributed by atoms with Crippen LogP contribution in [0.2, 0.25) is 5.02 Å². The molecule has 0 radical (unpaired) electrons. The number of hydrogen-bond acceptors (Lipinski definition) is 4. The Hall–Kier alpha value is -0.740. The smallest absolute Gasteiger partial charge is 0.207 e. The van der Waals surface area contributed by atoms with Gasteiger partial charge in [-0.2, -0.15) is 21.3 Å². The SMILES string of the molecule is CC1CSCCN1S(=O)(=O)c1ccc(C#N)c(Cl)c1. The molecule has 0 aromatic heterocycles. The van der Waals surface area contributed by atoms with Crippen LogP contribution in [0.1, 0.15) is 12.5 Å². The number of rotatable bonds is 2. The van der Waals surface area contributed by atoms with Gasteiger partial charge in [0.05, 0.1) is 15.5 Å². The molecule has 1 saturated heterocycles. The minimum Gasteiger partial charge on any atom is -0.207 e. The summed E-state index contributed by atoms with van der Waals surface area (Å²) in [6.07, 6.45) is 0. The summed E-state index contributed by atoms with van der Waals surface area (Å²) in [6.45, 7) is 2.40. The Labute approximate surface area is 122 Å². The molecule has 0 N–H and O–H groups in total. The van der Waals surface area contributed by atoms with E-state index in [-0.39, 0.29) is 21.5 Å². The maximum atomic E-state index is 12.5. The van der Waals surface area contributed by atoms with Crippen molar-refractivity contribution in [3.8, 4) is 6.07 Å². The average Bonchev–Trinajstić information content (AvgIpc) is 2.39. The molecule has 0 amide bonds. The van der Waals surface area contributed by atoms with E-state index in [0.717, 1.165) is 11.5 Å². The zero-order valence-corrected chi connectivity index (χ0v) is 12.7. The largest absolute Gasteiger partial charge is 0.243 e. The van der Waals surface area contributed by atoms with Crippen molar-refractivity contribution in [3.05, 3.63) is 28.8 Å². The molecule has 1 unspecified atom stereocenters. The second-order valence-corrected chi connectivity index (χ2v) is 7.74. The lowest BCUT2D eigenvalue weighted by molar-refractivity contribution is 0.367. The van der Waals surface area contributed by atoms with Crippen molar-refractivity contribution in [1.82, 2.24) is 4.31 Å². The summed E-state index contributed by atoms with van der Waals surface area (Å²) in [6, 6.07) is 6.12. The third kappa shape index (κ3) is 2.90. The highest BCUT2D eigenvalue weighted by molar-refractivity contribution is 7.99. The van der Waals surface area contributed by atoms with Gasteiger partial charge in [0, 0.05) is 24.1 Å². The van der Waals surface area contributed by atoms with Crippen LogP contribution in [-0.2, 0) is 10.0 Å². The van der Waals surface area contributed by atoms with E-state index in [0.29, 0.717) is 6.54 Å². The van der Waals surface area contributed by atoms with Crippen molar-refractivity contribution >= 4 is 33.4 Å². The second kappa shape index (κ2) is 5.71. The van der Waals surface area contributed by atoms with Crippen LogP contribution >= 0.6 is 23.4 Å². The van der Waals surface area contributed by atoms with E-state index in [9.17, 15) is 8.42 Å². The fourth-order valence-electron chi connectivity index (χ4n) is 1.95. The van der Waals surface area contributed by atoms with Crippen LogP contribution < -0.4 is 0 Å². The molecule has 1 aliphatic rings. The monoisotopic (exact) mass is 316 g/mol. The van der Waals surface area contributed by atoms with Crippen LogP contribution in [0.25, 0.3) is 0 Å². The van der Waals surface area contributed by atoms with Gasteiger partial charge in [-0.25, -0.2) is 8.42 Å². The number of hydrogen-bond donors (Lipinski definition) is 0. The molecule has 2 rings (SSSR count). The topological polar surface area (TPSA) is 61.2 Å². The molecule has 0 saturated carbocycles. The summed E-state index contributed by atoms with van der Waals surface area (Å²) in [5.41, 5.74) is 0.280. The lowest BCUT2D eigenvalue weighted by Gasteiger charge is -2.31. The number of thioether (sulfide) groups is 1. The number of benzene rings is 1. The van der Waals surface area contributed by atoms with Gasteiger partial charge in [-0.3, -0.25) is 0 Å². The highest BCUT2D eigenvalue weighted by Crippen LogP contribution is 2.27. The zero-order valence-electron chi connectivity index (χ0n) is 10.3. The summed E-state index contributed by atoms with van der Waals surface area (Å²) in [4.78, 5) is 0.148. The van der Waals surface area contributed by atoms with Gasteiger partial charge in [0.1, 0.15) is 6.07 Å². The Kier molecular flexibility index (Phi) is 4.41. The van der Waals surface area contributed by atoms with Crippen molar-refractivity contribution in [1.29, 1.82) is 5.26 Å². The van der Waals surface area contributed by atoms with Gasteiger partial charge in [-0.05, 0) is 25.1 Å². The van der Waals surface area contributed by atoms with Crippen LogP contribution in [-0.4, -0.2) is 36.8 Å². The Morgan fingerprint density at radius 2 is 2.26 bits per heavy atom. The summed E-state index contributed by atoms with van der Waals surface area (Å²) in [7, 11) is -3.53. The Morgan fingerprint density at radius 3 is 2.84 bits per heavy atom. The maximum absolute atomic E-state index is 12.5. The standard InChI is InChI=1S/C12H13ClN2O2S2/c1-9-8-18-5-4-15(9)19(16,17)11-3-2-10(7-14)12(13)6-11/h2-3,6,9H,4-5,8H2,1H3. The van der Waals surface area contributed by atoms with Gasteiger partial charge in [0.15, 0.2) is 0 Å². The molecule has 1 heterocycles. The maximum Gasteiger partial charge on any atom is 0.243 e. The van der Waals surface area contributed by atoms with Crippen molar-refractivity contribution in [2.24, 2.45) is 0 Å². The molecule has 1 aliphatic heterocycles. The van der Waals surface area contributed by atoms with Crippen molar-refractivity contribution in [3.63, 3.8) is 0 Å². The van der Waals surface area contributed by atoms with E-state index in [1.807, 2.05) is 13.0 Å². The highest BCUT2D eigenvalue weighted by Gasteiger charge is 2.31. The van der Waals surface area contributed by atoms with Gasteiger partial charge in [0.25, 0.3) is 0 Å². The van der Waals surface area contributed by atoms with E-state index < -0.39 is 10.0 Å². The molecule has 0 aliphatic carbocycles. The van der Waals surface area contributed by atoms with Crippen molar-refractivity contribution < 1.29 is 8.42 Å². The lowest BCUT2D eigenvalue weighted by Crippen LogP contribution is -2.44. The van der Waals surface area contributed by atoms with Crippen LogP contribution in [0.4, 0.5) is 0 Å². The van der Waals surface area contributed by atoms with E-state index in [2.05, 4.69) is 0 Å². The predicted molar refractivity (Wildman–Crippen MR) is 76.8 cm³/mol. The average molecular weight is 317 g/mol. The molecule has 0 bridgehead atoms. The summed E-state index contributed by atoms with van der Waals surface area (Å²) < 4.78 is 26.6. The zero-order chi connectivity index (χ0) is 14.0. The second-order valence-electron chi connectivity index (χ2n) is 4.29. The first-order chi connectivity index (χ1) is 8.96. The van der Waals surface area contributed by atoms with Gasteiger partial charge >= 0.3 is 0 Å².